The lowest BCUT2D eigenvalue weighted by Gasteiger charge is -2.27. The molecular weight excluding hydrogens is 328 g/mol. The zero-order chi connectivity index (χ0) is 15.5. The number of amides is 1. The van der Waals surface area contributed by atoms with Crippen molar-refractivity contribution in [1.82, 2.24) is 5.32 Å². The topological polar surface area (TPSA) is 55.1 Å². The van der Waals surface area contributed by atoms with Crippen molar-refractivity contribution in [3.05, 3.63) is 70.2 Å². The Morgan fingerprint density at radius 3 is 2.33 bits per heavy atom. The number of hydrogen-bond acceptors (Lipinski definition) is 2. The molecule has 0 heterocycles. The molecule has 0 saturated carbocycles. The highest BCUT2D eigenvalue weighted by molar-refractivity contribution is 9.10. The number of nitrogens with one attached hydrogen (secondary N) is 1. The van der Waals surface area contributed by atoms with Crippen LogP contribution in [-0.2, 0) is 10.3 Å². The molecule has 3 N–H and O–H groups in total. The van der Waals surface area contributed by atoms with Crippen LogP contribution in [0.4, 0.5) is 0 Å². The van der Waals surface area contributed by atoms with E-state index in [4.69, 9.17) is 5.73 Å². The fourth-order valence-corrected chi connectivity index (χ4v) is 2.79. The molecule has 21 heavy (non-hydrogen) atoms. The standard InChI is InChI=1S/C17H19BrN2O/c1-12(14-10-6-7-11-15(14)18)20-16(21)17(2,19)13-8-4-3-5-9-13/h3-12H,19H2,1-2H3,(H,20,21)/t12-,17?/m1/s1. The fraction of sp³-hybridized carbons (Fsp3) is 0.235. The maximum Gasteiger partial charge on any atom is 0.244 e. The molecule has 1 unspecified atom stereocenters. The largest absolute Gasteiger partial charge is 0.348 e. The Labute approximate surface area is 133 Å². The molecule has 2 rings (SSSR count). The second kappa shape index (κ2) is 6.41. The average Bonchev–Trinajstić information content (AvgIpc) is 2.48. The Bertz CT molecular complexity index is 626. The second-order valence-electron chi connectivity index (χ2n) is 5.29. The Kier molecular flexibility index (Phi) is 4.80. The Morgan fingerprint density at radius 2 is 1.71 bits per heavy atom. The van der Waals surface area contributed by atoms with E-state index in [1.54, 1.807) is 6.92 Å². The van der Waals surface area contributed by atoms with Crippen LogP contribution in [0.2, 0.25) is 0 Å². The smallest absolute Gasteiger partial charge is 0.244 e. The first-order chi connectivity index (χ1) is 9.93. The number of nitrogens with two attached hydrogens (primary N) is 1. The van der Waals surface area contributed by atoms with Gasteiger partial charge in [0.15, 0.2) is 0 Å². The number of carbonyl (C=O) groups excluding carboxylic acids is 1. The van der Waals surface area contributed by atoms with E-state index in [-0.39, 0.29) is 11.9 Å². The summed E-state index contributed by atoms with van der Waals surface area (Å²) >= 11 is 3.50. The zero-order valence-electron chi connectivity index (χ0n) is 12.1. The molecule has 0 aliphatic rings. The van der Waals surface area contributed by atoms with Crippen molar-refractivity contribution in [2.75, 3.05) is 0 Å². The maximum atomic E-state index is 12.5. The molecule has 2 aromatic rings. The van der Waals surface area contributed by atoms with E-state index in [9.17, 15) is 4.79 Å². The van der Waals surface area contributed by atoms with E-state index in [2.05, 4.69) is 21.2 Å². The van der Waals surface area contributed by atoms with Gasteiger partial charge in [-0.15, -0.1) is 0 Å². The van der Waals surface area contributed by atoms with Gasteiger partial charge in [-0.2, -0.15) is 0 Å². The van der Waals surface area contributed by atoms with Gasteiger partial charge in [0.05, 0.1) is 6.04 Å². The van der Waals surface area contributed by atoms with Crippen LogP contribution in [0, 0.1) is 0 Å². The fourth-order valence-electron chi connectivity index (χ4n) is 2.17. The van der Waals surface area contributed by atoms with Crippen LogP contribution in [-0.4, -0.2) is 5.91 Å². The Hall–Kier alpha value is -1.65. The van der Waals surface area contributed by atoms with Crippen molar-refractivity contribution in [1.29, 1.82) is 0 Å². The van der Waals surface area contributed by atoms with Crippen molar-refractivity contribution < 1.29 is 4.79 Å². The first-order valence-corrected chi connectivity index (χ1v) is 7.62. The normalized spacial score (nSPS) is 15.0. The highest BCUT2D eigenvalue weighted by Gasteiger charge is 2.31. The predicted octanol–water partition coefficient (Wildman–Crippen LogP) is 3.50. The molecule has 4 heteroatoms. The van der Waals surface area contributed by atoms with Gasteiger partial charge in [-0.05, 0) is 31.0 Å². The van der Waals surface area contributed by atoms with Crippen LogP contribution in [0.3, 0.4) is 0 Å². The third-order valence-electron chi connectivity index (χ3n) is 3.56. The Balaban J connectivity index is 2.16. The quantitative estimate of drug-likeness (QED) is 0.889. The summed E-state index contributed by atoms with van der Waals surface area (Å²) in [6.07, 6.45) is 0. The van der Waals surface area contributed by atoms with Gasteiger partial charge < -0.3 is 11.1 Å². The first kappa shape index (κ1) is 15.7. The molecule has 2 aromatic carbocycles. The lowest BCUT2D eigenvalue weighted by molar-refractivity contribution is -0.126. The molecule has 0 fully saturated rings. The minimum Gasteiger partial charge on any atom is -0.348 e. The predicted molar refractivity (Wildman–Crippen MR) is 88.7 cm³/mol. The molecule has 0 aliphatic heterocycles. The van der Waals surface area contributed by atoms with Gasteiger partial charge in [-0.1, -0.05) is 64.5 Å². The third kappa shape index (κ3) is 3.52. The molecule has 0 saturated heterocycles. The lowest BCUT2D eigenvalue weighted by atomic mass is 9.91. The highest BCUT2D eigenvalue weighted by atomic mass is 79.9. The van der Waals surface area contributed by atoms with Crippen molar-refractivity contribution in [2.45, 2.75) is 25.4 Å². The van der Waals surface area contributed by atoms with Crippen molar-refractivity contribution in [3.8, 4) is 0 Å². The van der Waals surface area contributed by atoms with Gasteiger partial charge >= 0.3 is 0 Å². The summed E-state index contributed by atoms with van der Waals surface area (Å²) in [6.45, 7) is 3.67. The highest BCUT2D eigenvalue weighted by Crippen LogP contribution is 2.24. The van der Waals surface area contributed by atoms with Crippen LogP contribution >= 0.6 is 15.9 Å². The van der Waals surface area contributed by atoms with E-state index in [0.717, 1.165) is 15.6 Å². The van der Waals surface area contributed by atoms with Crippen LogP contribution in [0.5, 0.6) is 0 Å². The van der Waals surface area contributed by atoms with E-state index in [0.29, 0.717) is 0 Å². The SMILES string of the molecule is C[C@@H](NC(=O)C(C)(N)c1ccccc1)c1ccccc1Br. The van der Waals surface area contributed by atoms with Crippen LogP contribution in [0.25, 0.3) is 0 Å². The molecule has 0 aliphatic carbocycles. The Morgan fingerprint density at radius 1 is 1.14 bits per heavy atom. The van der Waals surface area contributed by atoms with Gasteiger partial charge in [-0.25, -0.2) is 0 Å². The van der Waals surface area contributed by atoms with Gasteiger partial charge in [0.25, 0.3) is 0 Å². The number of halogens is 1. The number of hydrogen-bond donors (Lipinski definition) is 2. The molecular formula is C17H19BrN2O. The van der Waals surface area contributed by atoms with Gasteiger partial charge in [0, 0.05) is 4.47 Å². The summed E-state index contributed by atoms with van der Waals surface area (Å²) in [5, 5.41) is 2.98. The zero-order valence-corrected chi connectivity index (χ0v) is 13.7. The average molecular weight is 347 g/mol. The van der Waals surface area contributed by atoms with Crippen molar-refractivity contribution in [3.63, 3.8) is 0 Å². The molecule has 0 radical (unpaired) electrons. The van der Waals surface area contributed by atoms with E-state index in [1.807, 2.05) is 61.5 Å². The summed E-state index contributed by atoms with van der Waals surface area (Å²) < 4.78 is 0.969. The summed E-state index contributed by atoms with van der Waals surface area (Å²) in [7, 11) is 0. The third-order valence-corrected chi connectivity index (χ3v) is 4.29. The molecule has 1 amide bonds. The number of carbonyl (C=O) groups is 1. The number of benzene rings is 2. The maximum absolute atomic E-state index is 12.5. The summed E-state index contributed by atoms with van der Waals surface area (Å²) in [4.78, 5) is 12.5. The summed E-state index contributed by atoms with van der Waals surface area (Å²) in [6, 6.07) is 17.1. The van der Waals surface area contributed by atoms with E-state index >= 15 is 0 Å². The van der Waals surface area contributed by atoms with Crippen LogP contribution < -0.4 is 11.1 Å². The minimum atomic E-state index is -1.06. The lowest BCUT2D eigenvalue weighted by Crippen LogP contribution is -2.49. The molecule has 2 atom stereocenters. The summed E-state index contributed by atoms with van der Waals surface area (Å²) in [5.74, 6) is -0.197. The number of rotatable bonds is 4. The molecule has 0 spiro atoms. The second-order valence-corrected chi connectivity index (χ2v) is 6.14. The first-order valence-electron chi connectivity index (χ1n) is 6.82. The van der Waals surface area contributed by atoms with Crippen molar-refractivity contribution in [2.24, 2.45) is 5.73 Å². The van der Waals surface area contributed by atoms with E-state index < -0.39 is 5.54 Å². The monoisotopic (exact) mass is 346 g/mol. The van der Waals surface area contributed by atoms with Gasteiger partial charge in [-0.3, -0.25) is 4.79 Å². The van der Waals surface area contributed by atoms with Crippen LogP contribution in [0.15, 0.2) is 59.1 Å². The van der Waals surface area contributed by atoms with E-state index in [1.165, 1.54) is 0 Å². The summed E-state index contributed by atoms with van der Waals surface area (Å²) in [5.41, 5.74) is 6.98. The minimum absolute atomic E-state index is 0.125. The van der Waals surface area contributed by atoms with Crippen LogP contribution in [0.1, 0.15) is 31.0 Å². The van der Waals surface area contributed by atoms with Crippen molar-refractivity contribution >= 4 is 21.8 Å². The molecule has 110 valence electrons. The van der Waals surface area contributed by atoms with Gasteiger partial charge in [0.2, 0.25) is 5.91 Å². The molecule has 0 bridgehead atoms. The molecule has 3 nitrogen and oxygen atoms in total. The molecule has 0 aromatic heterocycles. The van der Waals surface area contributed by atoms with Gasteiger partial charge in [0.1, 0.15) is 5.54 Å².